The number of fused-ring (bicyclic) bond motifs is 1. The molecule has 0 atom stereocenters. The van der Waals surface area contributed by atoms with Gasteiger partial charge < -0.3 is 10.2 Å². The molecule has 1 aliphatic rings. The van der Waals surface area contributed by atoms with E-state index in [9.17, 15) is 17.6 Å². The average molecular weight is 467 g/mol. The molecule has 2 heterocycles. The van der Waals surface area contributed by atoms with Gasteiger partial charge in [-0.1, -0.05) is 11.6 Å². The summed E-state index contributed by atoms with van der Waals surface area (Å²) in [6, 6.07) is 8.81. The molecule has 1 aliphatic heterocycles. The molecule has 7 nitrogen and oxygen atoms in total. The fourth-order valence-electron chi connectivity index (χ4n) is 3.13. The molecule has 0 bridgehead atoms. The van der Waals surface area contributed by atoms with Gasteiger partial charge in [-0.3, -0.25) is 9.52 Å². The zero-order valence-corrected chi connectivity index (χ0v) is 17.8. The molecule has 0 aliphatic carbocycles. The van der Waals surface area contributed by atoms with Crippen LogP contribution in [-0.2, 0) is 21.2 Å². The van der Waals surface area contributed by atoms with E-state index in [-0.39, 0.29) is 22.4 Å². The summed E-state index contributed by atoms with van der Waals surface area (Å²) < 4.78 is 40.8. The van der Waals surface area contributed by atoms with Gasteiger partial charge in [-0.15, -0.1) is 11.3 Å². The van der Waals surface area contributed by atoms with E-state index in [4.69, 9.17) is 11.6 Å². The third kappa shape index (κ3) is 4.25. The van der Waals surface area contributed by atoms with Gasteiger partial charge in [-0.2, -0.15) is 0 Å². The molecule has 0 radical (unpaired) electrons. The van der Waals surface area contributed by atoms with E-state index >= 15 is 0 Å². The summed E-state index contributed by atoms with van der Waals surface area (Å²) in [5.41, 5.74) is 1.98. The lowest BCUT2D eigenvalue weighted by atomic mass is 10.2. The Morgan fingerprint density at radius 3 is 2.83 bits per heavy atom. The number of amides is 1. The van der Waals surface area contributed by atoms with E-state index in [0.29, 0.717) is 29.5 Å². The third-order valence-electron chi connectivity index (χ3n) is 4.58. The van der Waals surface area contributed by atoms with Gasteiger partial charge in [0.25, 0.3) is 10.0 Å². The molecule has 4 rings (SSSR count). The Morgan fingerprint density at radius 2 is 2.10 bits per heavy atom. The van der Waals surface area contributed by atoms with Crippen molar-refractivity contribution in [1.29, 1.82) is 0 Å². The molecule has 2 N–H and O–H groups in total. The highest BCUT2D eigenvalue weighted by Crippen LogP contribution is 2.31. The number of carbonyl (C=O) groups excluding carboxylic acids is 1. The molecule has 3 aromatic rings. The van der Waals surface area contributed by atoms with Crippen molar-refractivity contribution in [3.8, 4) is 0 Å². The molecule has 1 aromatic heterocycles. The minimum absolute atomic E-state index is 0.00689. The highest BCUT2D eigenvalue weighted by Gasteiger charge is 2.26. The van der Waals surface area contributed by atoms with Gasteiger partial charge >= 0.3 is 0 Å². The van der Waals surface area contributed by atoms with Crippen molar-refractivity contribution in [2.45, 2.75) is 11.3 Å². The average Bonchev–Trinajstić information content (AvgIpc) is 3.37. The van der Waals surface area contributed by atoms with Crippen LogP contribution in [0.3, 0.4) is 0 Å². The molecule has 156 valence electrons. The first-order valence-electron chi connectivity index (χ1n) is 8.88. The molecule has 0 fully saturated rings. The predicted molar refractivity (Wildman–Crippen MR) is 115 cm³/mol. The smallest absolute Gasteiger partial charge is 0.263 e. The molecule has 2 aromatic carbocycles. The zero-order chi connectivity index (χ0) is 21.3. The highest BCUT2D eigenvalue weighted by atomic mass is 35.5. The SMILES string of the molecule is O=C(CNc1ccc(F)c(Cl)c1)N1CCc2cc(S(=O)(=O)Nc3nccs3)ccc21. The molecule has 0 saturated heterocycles. The molecular weight excluding hydrogens is 451 g/mol. The quantitative estimate of drug-likeness (QED) is 0.577. The Kier molecular flexibility index (Phi) is 5.63. The summed E-state index contributed by atoms with van der Waals surface area (Å²) in [5.74, 6) is -0.720. The summed E-state index contributed by atoms with van der Waals surface area (Å²) in [4.78, 5) is 18.3. The maximum atomic E-state index is 13.2. The number of rotatable bonds is 6. The normalized spacial score (nSPS) is 13.2. The molecule has 0 unspecified atom stereocenters. The van der Waals surface area contributed by atoms with Crippen molar-refractivity contribution < 1.29 is 17.6 Å². The summed E-state index contributed by atoms with van der Waals surface area (Å²) in [7, 11) is -3.76. The number of halogens is 2. The molecule has 11 heteroatoms. The first kappa shape index (κ1) is 20.6. The lowest BCUT2D eigenvalue weighted by Gasteiger charge is -2.18. The topological polar surface area (TPSA) is 91.4 Å². The molecular formula is C19H16ClFN4O3S2. The van der Waals surface area contributed by atoms with Crippen LogP contribution in [0, 0.1) is 5.82 Å². The number of anilines is 3. The number of carbonyl (C=O) groups is 1. The summed E-state index contributed by atoms with van der Waals surface area (Å²) >= 11 is 6.94. The van der Waals surface area contributed by atoms with Gasteiger partial charge in [-0.05, 0) is 48.4 Å². The van der Waals surface area contributed by atoms with Gasteiger partial charge in [0.15, 0.2) is 5.13 Å². The van der Waals surface area contributed by atoms with Crippen LogP contribution in [0.4, 0.5) is 20.9 Å². The summed E-state index contributed by atoms with van der Waals surface area (Å²) in [5, 5.41) is 4.87. The number of hydrogen-bond acceptors (Lipinski definition) is 6. The van der Waals surface area contributed by atoms with Crippen molar-refractivity contribution in [3.05, 3.63) is 64.4 Å². The number of benzene rings is 2. The predicted octanol–water partition coefficient (Wildman–Crippen LogP) is 3.74. The van der Waals surface area contributed by atoms with Gasteiger partial charge in [-0.25, -0.2) is 17.8 Å². The third-order valence-corrected chi connectivity index (χ3v) is 7.02. The van der Waals surface area contributed by atoms with Crippen molar-refractivity contribution >= 4 is 55.4 Å². The lowest BCUT2D eigenvalue weighted by molar-refractivity contribution is -0.116. The fraction of sp³-hybridized carbons (Fsp3) is 0.158. The van der Waals surface area contributed by atoms with Crippen LogP contribution in [0.25, 0.3) is 0 Å². The van der Waals surface area contributed by atoms with Gasteiger partial charge in [0.1, 0.15) is 5.82 Å². The highest BCUT2D eigenvalue weighted by molar-refractivity contribution is 7.93. The van der Waals surface area contributed by atoms with Gasteiger partial charge in [0, 0.05) is 29.5 Å². The Morgan fingerprint density at radius 1 is 1.27 bits per heavy atom. The largest absolute Gasteiger partial charge is 0.376 e. The van der Waals surface area contributed by atoms with Crippen LogP contribution in [-0.4, -0.2) is 32.4 Å². The van der Waals surface area contributed by atoms with E-state index in [1.807, 2.05) is 0 Å². The van der Waals surface area contributed by atoms with E-state index in [1.54, 1.807) is 22.4 Å². The number of thiazole rings is 1. The lowest BCUT2D eigenvalue weighted by Crippen LogP contribution is -2.34. The first-order chi connectivity index (χ1) is 14.3. The second-order valence-electron chi connectivity index (χ2n) is 6.51. The van der Waals surface area contributed by atoms with Crippen LogP contribution in [0.2, 0.25) is 5.02 Å². The molecule has 0 spiro atoms. The van der Waals surface area contributed by atoms with Gasteiger partial charge in [0.2, 0.25) is 5.91 Å². The number of hydrogen-bond donors (Lipinski definition) is 2. The van der Waals surface area contributed by atoms with Crippen molar-refractivity contribution in [1.82, 2.24) is 4.98 Å². The first-order valence-corrected chi connectivity index (χ1v) is 11.6. The number of aromatic nitrogens is 1. The molecule has 0 saturated carbocycles. The maximum absolute atomic E-state index is 13.2. The Hall–Kier alpha value is -2.69. The van der Waals surface area contributed by atoms with Crippen LogP contribution in [0.1, 0.15) is 5.56 Å². The minimum Gasteiger partial charge on any atom is -0.376 e. The summed E-state index contributed by atoms with van der Waals surface area (Å²) in [6.07, 6.45) is 2.06. The van der Waals surface area contributed by atoms with Crippen molar-refractivity contribution in [2.24, 2.45) is 0 Å². The zero-order valence-electron chi connectivity index (χ0n) is 15.4. The Balaban J connectivity index is 1.46. The van der Waals surface area contributed by atoms with E-state index in [0.717, 1.165) is 5.56 Å². The van der Waals surface area contributed by atoms with Crippen LogP contribution < -0.4 is 14.9 Å². The van der Waals surface area contributed by atoms with E-state index < -0.39 is 15.8 Å². The number of sulfonamides is 1. The second kappa shape index (κ2) is 8.21. The Bertz CT molecular complexity index is 1200. The standard InChI is InChI=1S/C19H16ClFN4O3S2/c20-15-10-13(1-3-16(15)21)23-11-18(26)25-7-5-12-9-14(2-4-17(12)25)30(27,28)24-19-22-6-8-29-19/h1-4,6,8-10,23H,5,7,11H2,(H,22,24). The van der Waals surface area contributed by atoms with Crippen molar-refractivity contribution in [2.75, 3.05) is 28.0 Å². The van der Waals surface area contributed by atoms with Crippen LogP contribution in [0.5, 0.6) is 0 Å². The number of nitrogens with one attached hydrogen (secondary N) is 2. The van der Waals surface area contributed by atoms with Crippen molar-refractivity contribution in [3.63, 3.8) is 0 Å². The Labute approximate surface area is 181 Å². The van der Waals surface area contributed by atoms with Crippen LogP contribution >= 0.6 is 22.9 Å². The fourth-order valence-corrected chi connectivity index (χ4v) is 5.15. The second-order valence-corrected chi connectivity index (χ2v) is 9.50. The van der Waals surface area contributed by atoms with Crippen LogP contribution in [0.15, 0.2) is 52.9 Å². The number of nitrogens with zero attached hydrogens (tertiary/aromatic N) is 2. The maximum Gasteiger partial charge on any atom is 0.263 e. The van der Waals surface area contributed by atoms with Gasteiger partial charge in [0.05, 0.1) is 16.5 Å². The van der Waals surface area contributed by atoms with E-state index in [2.05, 4.69) is 15.0 Å². The summed E-state index contributed by atoms with van der Waals surface area (Å²) in [6.45, 7) is 0.441. The monoisotopic (exact) mass is 466 g/mol. The molecule has 30 heavy (non-hydrogen) atoms. The minimum atomic E-state index is -3.76. The molecule has 1 amide bonds. The van der Waals surface area contributed by atoms with E-state index in [1.165, 1.54) is 41.8 Å².